The van der Waals surface area contributed by atoms with Gasteiger partial charge in [-0.15, -0.1) is 0 Å². The fourth-order valence-corrected chi connectivity index (χ4v) is 2.78. The van der Waals surface area contributed by atoms with E-state index in [0.717, 1.165) is 32.0 Å². The van der Waals surface area contributed by atoms with Crippen LogP contribution in [0.25, 0.3) is 0 Å². The molecule has 0 radical (unpaired) electrons. The summed E-state index contributed by atoms with van der Waals surface area (Å²) in [6.45, 7) is 2.64. The van der Waals surface area contributed by atoms with Crippen molar-refractivity contribution in [2.45, 2.75) is 25.3 Å². The summed E-state index contributed by atoms with van der Waals surface area (Å²) in [7, 11) is 0. The van der Waals surface area contributed by atoms with Gasteiger partial charge in [-0.2, -0.15) is 5.26 Å². The van der Waals surface area contributed by atoms with Crippen LogP contribution in [0.4, 0.5) is 5.82 Å². The van der Waals surface area contributed by atoms with Gasteiger partial charge in [-0.1, -0.05) is 11.6 Å². The number of hydrogen-bond donors (Lipinski definition) is 0. The lowest BCUT2D eigenvalue weighted by Crippen LogP contribution is -2.32. The van der Waals surface area contributed by atoms with Gasteiger partial charge in [-0.25, -0.2) is 4.98 Å². The van der Waals surface area contributed by atoms with Crippen molar-refractivity contribution in [2.75, 3.05) is 24.7 Å². The van der Waals surface area contributed by atoms with Crippen molar-refractivity contribution in [2.24, 2.45) is 5.92 Å². The van der Waals surface area contributed by atoms with E-state index in [2.05, 4.69) is 16.0 Å². The van der Waals surface area contributed by atoms with Crippen molar-refractivity contribution in [1.29, 1.82) is 5.26 Å². The maximum atomic E-state index is 8.86. The maximum Gasteiger partial charge on any atom is 0.147 e. The fraction of sp³-hybridized carbons (Fsp3) is 0.571. The summed E-state index contributed by atoms with van der Waals surface area (Å²) >= 11 is 6.27. The molecule has 2 fully saturated rings. The zero-order valence-corrected chi connectivity index (χ0v) is 11.4. The van der Waals surface area contributed by atoms with Crippen LogP contribution in [0.15, 0.2) is 12.3 Å². The first-order valence-corrected chi connectivity index (χ1v) is 7.06. The smallest absolute Gasteiger partial charge is 0.147 e. The molecule has 1 aromatic rings. The number of halogens is 1. The van der Waals surface area contributed by atoms with Crippen molar-refractivity contribution in [3.63, 3.8) is 0 Å². The molecule has 100 valence electrons. The summed E-state index contributed by atoms with van der Waals surface area (Å²) in [5.74, 6) is 1.38. The van der Waals surface area contributed by atoms with Crippen LogP contribution in [0.2, 0.25) is 5.02 Å². The number of aromatic nitrogens is 1. The highest BCUT2D eigenvalue weighted by Gasteiger charge is 2.33. The summed E-state index contributed by atoms with van der Waals surface area (Å²) in [6, 6.07) is 4.32. The number of nitrogens with zero attached hydrogens (tertiary/aromatic N) is 3. The van der Waals surface area contributed by atoms with Gasteiger partial charge in [-0.05, 0) is 25.3 Å². The maximum absolute atomic E-state index is 8.86. The summed E-state index contributed by atoms with van der Waals surface area (Å²) in [6.07, 6.45) is 5.11. The highest BCUT2D eigenvalue weighted by Crippen LogP contribution is 2.35. The summed E-state index contributed by atoms with van der Waals surface area (Å²) in [5, 5.41) is 9.44. The summed E-state index contributed by atoms with van der Waals surface area (Å²) in [5.41, 5.74) is 0.508. The van der Waals surface area contributed by atoms with E-state index in [4.69, 9.17) is 21.6 Å². The lowest BCUT2D eigenvalue weighted by molar-refractivity contribution is 0.186. The SMILES string of the molecule is N#Cc1cnc(N(CC2CCOC2)C2CC2)c(Cl)c1. The first-order chi connectivity index (χ1) is 9.28. The van der Waals surface area contributed by atoms with E-state index in [1.54, 1.807) is 12.3 Å². The van der Waals surface area contributed by atoms with Crippen molar-refractivity contribution in [3.8, 4) is 6.07 Å². The Morgan fingerprint density at radius 3 is 2.89 bits per heavy atom. The first kappa shape index (κ1) is 12.7. The third kappa shape index (κ3) is 2.83. The molecule has 1 aliphatic carbocycles. The second-order valence-electron chi connectivity index (χ2n) is 5.25. The Labute approximate surface area is 117 Å². The molecule has 1 saturated heterocycles. The zero-order valence-electron chi connectivity index (χ0n) is 10.7. The molecule has 4 nitrogen and oxygen atoms in total. The molecule has 1 aromatic heterocycles. The van der Waals surface area contributed by atoms with Crippen molar-refractivity contribution in [3.05, 3.63) is 22.8 Å². The van der Waals surface area contributed by atoms with Crippen molar-refractivity contribution >= 4 is 17.4 Å². The van der Waals surface area contributed by atoms with Crippen LogP contribution in [0.5, 0.6) is 0 Å². The molecule has 2 aliphatic rings. The third-order valence-electron chi connectivity index (χ3n) is 3.69. The van der Waals surface area contributed by atoms with E-state index in [0.29, 0.717) is 22.5 Å². The molecular weight excluding hydrogens is 262 g/mol. The van der Waals surface area contributed by atoms with E-state index in [1.807, 2.05) is 0 Å². The number of rotatable bonds is 4. The van der Waals surface area contributed by atoms with Gasteiger partial charge in [0, 0.05) is 31.3 Å². The van der Waals surface area contributed by atoms with Crippen molar-refractivity contribution in [1.82, 2.24) is 4.98 Å². The van der Waals surface area contributed by atoms with Crippen LogP contribution in [0.1, 0.15) is 24.8 Å². The van der Waals surface area contributed by atoms with E-state index in [1.165, 1.54) is 12.8 Å². The molecule has 0 aromatic carbocycles. The molecule has 0 amide bonds. The molecule has 1 atom stereocenters. The van der Waals surface area contributed by atoms with Gasteiger partial charge in [0.2, 0.25) is 0 Å². The van der Waals surface area contributed by atoms with Gasteiger partial charge in [0.1, 0.15) is 11.9 Å². The second kappa shape index (κ2) is 5.36. The minimum Gasteiger partial charge on any atom is -0.381 e. The van der Waals surface area contributed by atoms with Crippen LogP contribution in [-0.2, 0) is 4.74 Å². The van der Waals surface area contributed by atoms with Gasteiger partial charge in [-0.3, -0.25) is 0 Å². The van der Waals surface area contributed by atoms with E-state index in [9.17, 15) is 0 Å². The Morgan fingerprint density at radius 1 is 1.47 bits per heavy atom. The molecular formula is C14H16ClN3O. The number of nitriles is 1. The predicted molar refractivity (Wildman–Crippen MR) is 73.3 cm³/mol. The Balaban J connectivity index is 1.81. The average Bonchev–Trinajstić information content (AvgIpc) is 3.14. The van der Waals surface area contributed by atoms with Gasteiger partial charge in [0.25, 0.3) is 0 Å². The zero-order chi connectivity index (χ0) is 13.2. The molecule has 2 heterocycles. The lowest BCUT2D eigenvalue weighted by atomic mass is 10.1. The second-order valence-corrected chi connectivity index (χ2v) is 5.66. The van der Waals surface area contributed by atoms with Crippen LogP contribution in [0, 0.1) is 17.2 Å². The molecule has 1 saturated carbocycles. The van der Waals surface area contributed by atoms with E-state index in [-0.39, 0.29) is 0 Å². The Bertz CT molecular complexity index is 504. The molecule has 19 heavy (non-hydrogen) atoms. The topological polar surface area (TPSA) is 49.2 Å². The monoisotopic (exact) mass is 277 g/mol. The van der Waals surface area contributed by atoms with Crippen LogP contribution in [-0.4, -0.2) is 30.8 Å². The highest BCUT2D eigenvalue weighted by molar-refractivity contribution is 6.33. The number of hydrogen-bond acceptors (Lipinski definition) is 4. The minimum atomic E-state index is 0.508. The van der Waals surface area contributed by atoms with Gasteiger partial charge < -0.3 is 9.64 Å². The van der Waals surface area contributed by atoms with Gasteiger partial charge in [0.05, 0.1) is 17.2 Å². The van der Waals surface area contributed by atoms with Gasteiger partial charge >= 0.3 is 0 Å². The standard InChI is InChI=1S/C14H16ClN3O/c15-13-5-11(6-16)7-17-14(13)18(12-1-2-12)8-10-3-4-19-9-10/h5,7,10,12H,1-4,8-9H2. The van der Waals surface area contributed by atoms with Crippen LogP contribution < -0.4 is 4.90 Å². The predicted octanol–water partition coefficient (Wildman–Crippen LogP) is 2.61. The number of anilines is 1. The van der Waals surface area contributed by atoms with E-state index >= 15 is 0 Å². The first-order valence-electron chi connectivity index (χ1n) is 6.68. The normalized spacial score (nSPS) is 22.2. The summed E-state index contributed by atoms with van der Waals surface area (Å²) in [4.78, 5) is 6.68. The Kier molecular flexibility index (Phi) is 3.58. The minimum absolute atomic E-state index is 0.508. The molecule has 0 N–H and O–H groups in total. The van der Waals surface area contributed by atoms with E-state index < -0.39 is 0 Å². The average molecular weight is 278 g/mol. The lowest BCUT2D eigenvalue weighted by Gasteiger charge is -2.27. The third-order valence-corrected chi connectivity index (χ3v) is 3.97. The Hall–Kier alpha value is -1.31. The molecule has 5 heteroatoms. The van der Waals surface area contributed by atoms with Crippen LogP contribution >= 0.6 is 11.6 Å². The highest BCUT2D eigenvalue weighted by atomic mass is 35.5. The molecule has 1 aliphatic heterocycles. The number of pyridine rings is 1. The summed E-state index contributed by atoms with van der Waals surface area (Å²) < 4.78 is 5.44. The van der Waals surface area contributed by atoms with Gasteiger partial charge in [0.15, 0.2) is 0 Å². The molecule has 0 bridgehead atoms. The Morgan fingerprint density at radius 2 is 2.32 bits per heavy atom. The molecule has 0 spiro atoms. The fourth-order valence-electron chi connectivity index (χ4n) is 2.50. The van der Waals surface area contributed by atoms with Crippen molar-refractivity contribution < 1.29 is 4.74 Å². The number of ether oxygens (including phenoxy) is 1. The largest absolute Gasteiger partial charge is 0.381 e. The quantitative estimate of drug-likeness (QED) is 0.849. The molecule has 3 rings (SSSR count). The molecule has 1 unspecified atom stereocenters. The van der Waals surface area contributed by atoms with Crippen LogP contribution in [0.3, 0.4) is 0 Å².